The first-order chi connectivity index (χ1) is 8.95. The molecular weight excluding hydrogens is 238 g/mol. The second-order valence-corrected chi connectivity index (χ2v) is 5.54. The minimum Gasteiger partial charge on any atom is -0.392 e. The number of aliphatic hydroxyl groups excluding tert-OH is 2. The molecule has 1 aromatic rings. The predicted molar refractivity (Wildman–Crippen MR) is 79.3 cm³/mol. The van der Waals surface area contributed by atoms with Gasteiger partial charge in [-0.1, -0.05) is 45.0 Å². The molecule has 3 unspecified atom stereocenters. The van der Waals surface area contributed by atoms with E-state index in [-0.39, 0.29) is 6.04 Å². The molecule has 3 nitrogen and oxygen atoms in total. The fourth-order valence-corrected chi connectivity index (χ4v) is 2.11. The molecule has 0 aliphatic carbocycles. The summed E-state index contributed by atoms with van der Waals surface area (Å²) in [5.74, 6) is 0.501. The molecule has 0 fully saturated rings. The Morgan fingerprint density at radius 1 is 1.00 bits per heavy atom. The van der Waals surface area contributed by atoms with Crippen LogP contribution >= 0.6 is 0 Å². The number of hydrogen-bond acceptors (Lipinski definition) is 3. The van der Waals surface area contributed by atoms with Crippen LogP contribution in [0, 0.1) is 0 Å². The van der Waals surface area contributed by atoms with E-state index in [4.69, 9.17) is 0 Å². The molecule has 1 rings (SSSR count). The van der Waals surface area contributed by atoms with Crippen molar-refractivity contribution in [2.24, 2.45) is 0 Å². The van der Waals surface area contributed by atoms with Crippen molar-refractivity contribution < 1.29 is 10.2 Å². The Hall–Kier alpha value is -0.900. The summed E-state index contributed by atoms with van der Waals surface area (Å²) < 4.78 is 0. The molecule has 0 radical (unpaired) electrons. The SMILES string of the molecule is CCC(NCC(C)O)C(O)c1ccc(C(C)C)cc1. The summed E-state index contributed by atoms with van der Waals surface area (Å²) in [7, 11) is 0. The molecule has 3 heteroatoms. The lowest BCUT2D eigenvalue weighted by Crippen LogP contribution is -2.38. The molecular formula is C16H27NO2. The van der Waals surface area contributed by atoms with Crippen LogP contribution in [0.4, 0.5) is 0 Å². The van der Waals surface area contributed by atoms with Gasteiger partial charge in [0.2, 0.25) is 0 Å². The second kappa shape index (κ2) is 7.63. The van der Waals surface area contributed by atoms with Crippen molar-refractivity contribution in [3.8, 4) is 0 Å². The number of benzene rings is 1. The van der Waals surface area contributed by atoms with Crippen LogP contribution < -0.4 is 5.32 Å². The molecule has 0 aliphatic heterocycles. The summed E-state index contributed by atoms with van der Waals surface area (Å²) in [6.45, 7) is 8.59. The van der Waals surface area contributed by atoms with Crippen LogP contribution in [-0.4, -0.2) is 28.9 Å². The van der Waals surface area contributed by atoms with Crippen molar-refractivity contribution in [1.29, 1.82) is 0 Å². The van der Waals surface area contributed by atoms with Gasteiger partial charge in [0.1, 0.15) is 0 Å². The predicted octanol–water partition coefficient (Wildman–Crippen LogP) is 2.59. The zero-order chi connectivity index (χ0) is 14.4. The Balaban J connectivity index is 2.70. The quantitative estimate of drug-likeness (QED) is 0.710. The summed E-state index contributed by atoms with van der Waals surface area (Å²) in [5, 5.41) is 22.9. The fraction of sp³-hybridized carbons (Fsp3) is 0.625. The van der Waals surface area contributed by atoms with E-state index < -0.39 is 12.2 Å². The zero-order valence-corrected chi connectivity index (χ0v) is 12.4. The normalized spacial score (nSPS) is 16.4. The van der Waals surface area contributed by atoms with Crippen molar-refractivity contribution in [2.45, 2.75) is 58.3 Å². The van der Waals surface area contributed by atoms with Gasteiger partial charge in [-0.05, 0) is 30.4 Å². The smallest absolute Gasteiger partial charge is 0.0942 e. The topological polar surface area (TPSA) is 52.5 Å². The maximum atomic E-state index is 10.4. The van der Waals surface area contributed by atoms with Crippen LogP contribution in [0.3, 0.4) is 0 Å². The van der Waals surface area contributed by atoms with Crippen molar-refractivity contribution in [2.75, 3.05) is 6.54 Å². The van der Waals surface area contributed by atoms with Gasteiger partial charge in [-0.3, -0.25) is 0 Å². The Morgan fingerprint density at radius 2 is 1.53 bits per heavy atom. The lowest BCUT2D eigenvalue weighted by Gasteiger charge is -2.24. The maximum absolute atomic E-state index is 10.4. The molecule has 0 heterocycles. The third kappa shape index (κ3) is 4.94. The van der Waals surface area contributed by atoms with E-state index in [1.807, 2.05) is 19.1 Å². The van der Waals surface area contributed by atoms with Gasteiger partial charge in [-0.2, -0.15) is 0 Å². The van der Waals surface area contributed by atoms with Crippen molar-refractivity contribution in [3.63, 3.8) is 0 Å². The Bertz CT molecular complexity index is 360. The third-order valence-corrected chi connectivity index (χ3v) is 3.44. The standard InChI is InChI=1S/C16H27NO2/c1-5-15(17-10-12(4)18)16(19)14-8-6-13(7-9-14)11(2)3/h6-9,11-12,15-19H,5,10H2,1-4H3. The van der Waals surface area contributed by atoms with Crippen LogP contribution in [-0.2, 0) is 0 Å². The Kier molecular flexibility index (Phi) is 6.49. The minimum atomic E-state index is -0.537. The number of hydrogen-bond donors (Lipinski definition) is 3. The van der Waals surface area contributed by atoms with Crippen LogP contribution in [0.25, 0.3) is 0 Å². The highest BCUT2D eigenvalue weighted by Crippen LogP contribution is 2.22. The molecule has 0 spiro atoms. The van der Waals surface area contributed by atoms with E-state index in [1.54, 1.807) is 6.92 Å². The molecule has 1 aromatic carbocycles. The lowest BCUT2D eigenvalue weighted by atomic mass is 9.96. The molecule has 0 saturated heterocycles. The molecule has 0 aliphatic rings. The van der Waals surface area contributed by atoms with Crippen LogP contribution in [0.5, 0.6) is 0 Å². The number of aliphatic hydroxyl groups is 2. The lowest BCUT2D eigenvalue weighted by molar-refractivity contribution is 0.112. The molecule has 108 valence electrons. The maximum Gasteiger partial charge on any atom is 0.0942 e. The van der Waals surface area contributed by atoms with E-state index in [1.165, 1.54) is 5.56 Å². The Labute approximate surface area is 116 Å². The van der Waals surface area contributed by atoms with Crippen molar-refractivity contribution in [1.82, 2.24) is 5.32 Å². The molecule has 0 bridgehead atoms. The van der Waals surface area contributed by atoms with Gasteiger partial charge in [-0.25, -0.2) is 0 Å². The molecule has 0 amide bonds. The van der Waals surface area contributed by atoms with Gasteiger partial charge in [0.25, 0.3) is 0 Å². The average molecular weight is 265 g/mol. The second-order valence-electron chi connectivity index (χ2n) is 5.54. The van der Waals surface area contributed by atoms with Gasteiger partial charge < -0.3 is 15.5 Å². The summed E-state index contributed by atoms with van der Waals surface area (Å²) >= 11 is 0. The summed E-state index contributed by atoms with van der Waals surface area (Å²) in [6, 6.07) is 8.11. The highest BCUT2D eigenvalue weighted by molar-refractivity contribution is 5.26. The van der Waals surface area contributed by atoms with Crippen molar-refractivity contribution in [3.05, 3.63) is 35.4 Å². The molecule has 19 heavy (non-hydrogen) atoms. The van der Waals surface area contributed by atoms with E-state index in [2.05, 4.69) is 31.3 Å². The zero-order valence-electron chi connectivity index (χ0n) is 12.4. The highest BCUT2D eigenvalue weighted by atomic mass is 16.3. The molecule has 3 N–H and O–H groups in total. The monoisotopic (exact) mass is 265 g/mol. The summed E-state index contributed by atoms with van der Waals surface area (Å²) in [5.41, 5.74) is 2.20. The number of rotatable bonds is 7. The van der Waals surface area contributed by atoms with E-state index in [9.17, 15) is 10.2 Å². The van der Waals surface area contributed by atoms with Crippen LogP contribution in [0.2, 0.25) is 0 Å². The van der Waals surface area contributed by atoms with Gasteiger partial charge in [0.15, 0.2) is 0 Å². The van der Waals surface area contributed by atoms with E-state index >= 15 is 0 Å². The average Bonchev–Trinajstić information content (AvgIpc) is 2.39. The van der Waals surface area contributed by atoms with E-state index in [0.717, 1.165) is 12.0 Å². The Morgan fingerprint density at radius 3 is 1.95 bits per heavy atom. The molecule has 0 aromatic heterocycles. The van der Waals surface area contributed by atoms with Crippen molar-refractivity contribution >= 4 is 0 Å². The summed E-state index contributed by atoms with van der Waals surface area (Å²) in [4.78, 5) is 0. The fourth-order valence-electron chi connectivity index (χ4n) is 2.11. The number of nitrogens with one attached hydrogen (secondary N) is 1. The van der Waals surface area contributed by atoms with Gasteiger partial charge in [-0.15, -0.1) is 0 Å². The highest BCUT2D eigenvalue weighted by Gasteiger charge is 2.19. The van der Waals surface area contributed by atoms with Gasteiger partial charge >= 0.3 is 0 Å². The first-order valence-corrected chi connectivity index (χ1v) is 7.15. The van der Waals surface area contributed by atoms with Gasteiger partial charge in [0.05, 0.1) is 12.2 Å². The first kappa shape index (κ1) is 16.2. The first-order valence-electron chi connectivity index (χ1n) is 7.15. The minimum absolute atomic E-state index is 0.0282. The largest absolute Gasteiger partial charge is 0.392 e. The van der Waals surface area contributed by atoms with Crippen LogP contribution in [0.15, 0.2) is 24.3 Å². The molecule has 3 atom stereocenters. The molecule has 0 saturated carbocycles. The van der Waals surface area contributed by atoms with E-state index in [0.29, 0.717) is 12.5 Å². The van der Waals surface area contributed by atoms with Crippen LogP contribution in [0.1, 0.15) is 57.3 Å². The third-order valence-electron chi connectivity index (χ3n) is 3.44. The van der Waals surface area contributed by atoms with Gasteiger partial charge in [0, 0.05) is 12.6 Å². The summed E-state index contributed by atoms with van der Waals surface area (Å²) in [6.07, 6.45) is -0.116.